The van der Waals surface area contributed by atoms with Crippen LogP contribution >= 0.6 is 24.8 Å². The fourth-order valence-electron chi connectivity index (χ4n) is 1.46. The van der Waals surface area contributed by atoms with Crippen molar-refractivity contribution >= 4 is 36.4 Å². The van der Waals surface area contributed by atoms with E-state index in [0.29, 0.717) is 24.5 Å². The number of nitrogens with zero attached hydrogens (tertiary/aromatic N) is 3. The Kier molecular flexibility index (Phi) is 8.54. The Morgan fingerprint density at radius 3 is 2.70 bits per heavy atom. The van der Waals surface area contributed by atoms with E-state index < -0.39 is 0 Å². The first-order valence-electron chi connectivity index (χ1n) is 5.70. The Labute approximate surface area is 129 Å². The Morgan fingerprint density at radius 1 is 1.35 bits per heavy atom. The third kappa shape index (κ3) is 5.16. The topological polar surface area (TPSA) is 71.8 Å². The van der Waals surface area contributed by atoms with E-state index in [4.69, 9.17) is 0 Å². The van der Waals surface area contributed by atoms with Gasteiger partial charge in [0.25, 0.3) is 0 Å². The van der Waals surface area contributed by atoms with Crippen LogP contribution in [0.3, 0.4) is 0 Å². The Morgan fingerprint density at radius 2 is 2.15 bits per heavy atom. The zero-order valence-corrected chi connectivity index (χ0v) is 12.6. The average molecular weight is 318 g/mol. The molecule has 0 aliphatic rings. The van der Waals surface area contributed by atoms with Crippen molar-refractivity contribution in [1.29, 1.82) is 0 Å². The molecule has 20 heavy (non-hydrogen) atoms. The molecule has 0 radical (unpaired) electrons. The molecule has 2 aromatic heterocycles. The number of hydrogen-bond acceptors (Lipinski definition) is 4. The lowest BCUT2D eigenvalue weighted by Crippen LogP contribution is -2.18. The van der Waals surface area contributed by atoms with Gasteiger partial charge in [-0.1, -0.05) is 0 Å². The molecule has 2 rings (SSSR count). The molecule has 0 spiro atoms. The molecular weight excluding hydrogens is 301 g/mol. The molecule has 0 fully saturated rings. The van der Waals surface area contributed by atoms with Gasteiger partial charge in [-0.05, 0) is 25.2 Å². The van der Waals surface area contributed by atoms with Crippen molar-refractivity contribution in [2.75, 3.05) is 18.9 Å². The summed E-state index contributed by atoms with van der Waals surface area (Å²) >= 11 is 0. The van der Waals surface area contributed by atoms with E-state index in [1.807, 2.05) is 19.3 Å². The van der Waals surface area contributed by atoms with Crippen molar-refractivity contribution in [2.24, 2.45) is 0 Å². The highest BCUT2D eigenvalue weighted by Gasteiger charge is 2.02. The molecular formula is C12H17Cl2N5O. The summed E-state index contributed by atoms with van der Waals surface area (Å²) in [6, 6.07) is 5.44. The number of carbonyl (C=O) groups is 1. The molecule has 0 aromatic carbocycles. The normalized spacial score (nSPS) is 9.25. The van der Waals surface area contributed by atoms with Crippen molar-refractivity contribution in [3.8, 4) is 5.82 Å². The van der Waals surface area contributed by atoms with E-state index in [1.165, 1.54) is 0 Å². The molecule has 0 saturated heterocycles. The molecule has 1 amide bonds. The second kappa shape index (κ2) is 9.30. The zero-order valence-electron chi connectivity index (χ0n) is 10.9. The lowest BCUT2D eigenvalue weighted by Gasteiger charge is -2.05. The maximum Gasteiger partial charge on any atom is 0.225 e. The molecule has 6 nitrogen and oxygen atoms in total. The van der Waals surface area contributed by atoms with Crippen LogP contribution in [-0.2, 0) is 4.79 Å². The second-order valence-corrected chi connectivity index (χ2v) is 3.76. The summed E-state index contributed by atoms with van der Waals surface area (Å²) in [4.78, 5) is 15.7. The minimum Gasteiger partial charge on any atom is -0.325 e. The van der Waals surface area contributed by atoms with Crippen LogP contribution in [0.2, 0.25) is 0 Å². The molecule has 2 heterocycles. The number of carbonyl (C=O) groups excluding carboxylic acids is 1. The minimum absolute atomic E-state index is 0. The molecule has 2 aromatic rings. The molecule has 8 heteroatoms. The summed E-state index contributed by atoms with van der Waals surface area (Å²) in [5.74, 6) is 0.686. The highest BCUT2D eigenvalue weighted by Crippen LogP contribution is 2.09. The number of pyridine rings is 1. The average Bonchev–Trinajstić information content (AvgIpc) is 2.91. The lowest BCUT2D eigenvalue weighted by molar-refractivity contribution is -0.116. The van der Waals surface area contributed by atoms with E-state index >= 15 is 0 Å². The summed E-state index contributed by atoms with van der Waals surface area (Å²) in [7, 11) is 1.81. The second-order valence-electron chi connectivity index (χ2n) is 3.76. The molecule has 0 bridgehead atoms. The number of nitrogens with one attached hydrogen (secondary N) is 2. The molecule has 0 saturated carbocycles. The van der Waals surface area contributed by atoms with Gasteiger partial charge < -0.3 is 10.6 Å². The Balaban J connectivity index is 0.00000180. The number of halogens is 2. The van der Waals surface area contributed by atoms with Crippen LogP contribution in [0.5, 0.6) is 0 Å². The summed E-state index contributed by atoms with van der Waals surface area (Å²) in [5.41, 5.74) is 0.687. The van der Waals surface area contributed by atoms with Crippen molar-refractivity contribution < 1.29 is 4.79 Å². The number of aromatic nitrogens is 3. The summed E-state index contributed by atoms with van der Waals surface area (Å²) in [6.45, 7) is 0.657. The van der Waals surface area contributed by atoms with Gasteiger partial charge in [0, 0.05) is 25.4 Å². The van der Waals surface area contributed by atoms with Gasteiger partial charge in [0.05, 0.1) is 11.9 Å². The van der Waals surface area contributed by atoms with Crippen LogP contribution in [-0.4, -0.2) is 34.3 Å². The van der Waals surface area contributed by atoms with Crippen molar-refractivity contribution in [3.05, 3.63) is 36.8 Å². The number of anilines is 1. The van der Waals surface area contributed by atoms with Gasteiger partial charge in [0.2, 0.25) is 5.91 Å². The quantitative estimate of drug-likeness (QED) is 0.879. The van der Waals surface area contributed by atoms with Crippen LogP contribution in [0, 0.1) is 0 Å². The van der Waals surface area contributed by atoms with Crippen molar-refractivity contribution in [3.63, 3.8) is 0 Å². The van der Waals surface area contributed by atoms with Crippen molar-refractivity contribution in [1.82, 2.24) is 20.1 Å². The van der Waals surface area contributed by atoms with Gasteiger partial charge in [-0.2, -0.15) is 5.10 Å². The largest absolute Gasteiger partial charge is 0.325 e. The third-order valence-electron chi connectivity index (χ3n) is 2.37. The number of hydrogen-bond donors (Lipinski definition) is 2. The van der Waals surface area contributed by atoms with Gasteiger partial charge in [-0.15, -0.1) is 24.8 Å². The highest BCUT2D eigenvalue weighted by atomic mass is 35.5. The van der Waals surface area contributed by atoms with E-state index in [1.54, 1.807) is 29.2 Å². The van der Waals surface area contributed by atoms with Crippen LogP contribution in [0.1, 0.15) is 6.42 Å². The monoisotopic (exact) mass is 317 g/mol. The van der Waals surface area contributed by atoms with Gasteiger partial charge in [-0.25, -0.2) is 9.67 Å². The molecule has 2 N–H and O–H groups in total. The zero-order chi connectivity index (χ0) is 12.8. The van der Waals surface area contributed by atoms with Crippen molar-refractivity contribution in [2.45, 2.75) is 6.42 Å². The van der Waals surface area contributed by atoms with Crippen LogP contribution in [0.4, 0.5) is 5.69 Å². The third-order valence-corrected chi connectivity index (χ3v) is 2.37. The molecule has 0 unspecified atom stereocenters. The maximum atomic E-state index is 11.5. The smallest absolute Gasteiger partial charge is 0.225 e. The number of rotatable bonds is 5. The molecule has 0 aliphatic carbocycles. The first kappa shape index (κ1) is 18.4. The predicted octanol–water partition coefficient (Wildman–Crippen LogP) is 1.66. The SMILES string of the molecule is CNCCC(=O)Nc1ccc(-n2cccn2)nc1.Cl.Cl. The van der Waals surface area contributed by atoms with Gasteiger partial charge in [-0.3, -0.25) is 4.79 Å². The first-order valence-corrected chi connectivity index (χ1v) is 5.70. The fourth-order valence-corrected chi connectivity index (χ4v) is 1.46. The van der Waals surface area contributed by atoms with E-state index in [-0.39, 0.29) is 30.7 Å². The Bertz CT molecular complexity index is 501. The van der Waals surface area contributed by atoms with E-state index in [2.05, 4.69) is 20.7 Å². The summed E-state index contributed by atoms with van der Waals surface area (Å²) in [6.07, 6.45) is 5.56. The van der Waals surface area contributed by atoms with Gasteiger partial charge >= 0.3 is 0 Å². The summed E-state index contributed by atoms with van der Waals surface area (Å²) < 4.78 is 1.66. The van der Waals surface area contributed by atoms with E-state index in [0.717, 1.165) is 0 Å². The van der Waals surface area contributed by atoms with Crippen LogP contribution in [0.25, 0.3) is 5.82 Å². The van der Waals surface area contributed by atoms with Gasteiger partial charge in [0.1, 0.15) is 0 Å². The minimum atomic E-state index is -0.0296. The first-order chi connectivity index (χ1) is 8.79. The summed E-state index contributed by atoms with van der Waals surface area (Å²) in [5, 5.41) is 9.78. The van der Waals surface area contributed by atoms with Gasteiger partial charge in [0.15, 0.2) is 5.82 Å². The molecule has 0 aliphatic heterocycles. The van der Waals surface area contributed by atoms with Crippen LogP contribution in [0.15, 0.2) is 36.8 Å². The van der Waals surface area contributed by atoms with Crippen LogP contribution < -0.4 is 10.6 Å². The fraction of sp³-hybridized carbons (Fsp3) is 0.250. The number of amides is 1. The highest BCUT2D eigenvalue weighted by molar-refractivity contribution is 5.90. The predicted molar refractivity (Wildman–Crippen MR) is 83.0 cm³/mol. The molecule has 110 valence electrons. The Hall–Kier alpha value is -1.63. The standard InChI is InChI=1S/C12H15N5O.2ClH/c1-13-7-5-12(18)16-10-3-4-11(14-9-10)17-8-2-6-15-17;;/h2-4,6,8-9,13H,5,7H2,1H3,(H,16,18);2*1H. The van der Waals surface area contributed by atoms with E-state index in [9.17, 15) is 4.79 Å². The molecule has 0 atom stereocenters. The lowest BCUT2D eigenvalue weighted by atomic mass is 10.3. The maximum absolute atomic E-state index is 11.5.